The number of halogens is 2. The third kappa shape index (κ3) is 5.74. The molecule has 1 aromatic rings. The largest absolute Gasteiger partial charge is 0.395 e. The highest BCUT2D eigenvalue weighted by molar-refractivity contribution is 5.94. The van der Waals surface area contributed by atoms with Crippen molar-refractivity contribution in [2.75, 3.05) is 52.4 Å². The van der Waals surface area contributed by atoms with Gasteiger partial charge in [-0.15, -0.1) is 0 Å². The van der Waals surface area contributed by atoms with Crippen LogP contribution in [0.3, 0.4) is 0 Å². The van der Waals surface area contributed by atoms with E-state index >= 15 is 0 Å². The number of hydrogen-bond donors (Lipinski definition) is 1. The molecule has 0 atom stereocenters. The Balaban J connectivity index is 1.85. The maximum Gasteiger partial charge on any atom is 0.253 e. The van der Waals surface area contributed by atoms with Crippen LogP contribution in [-0.2, 0) is 4.79 Å². The van der Waals surface area contributed by atoms with Crippen LogP contribution in [0.4, 0.5) is 8.78 Å². The molecule has 6 nitrogen and oxygen atoms in total. The third-order valence-corrected chi connectivity index (χ3v) is 4.39. The molecule has 1 saturated heterocycles. The molecule has 1 fully saturated rings. The first kappa shape index (κ1) is 20.3. The van der Waals surface area contributed by atoms with E-state index in [2.05, 4.69) is 0 Å². The van der Waals surface area contributed by atoms with Crippen molar-refractivity contribution < 1.29 is 23.5 Å². The highest BCUT2D eigenvalue weighted by Crippen LogP contribution is 2.11. The van der Waals surface area contributed by atoms with E-state index in [9.17, 15) is 18.4 Å². The molecule has 1 heterocycles. The Labute approximate surface area is 152 Å². The van der Waals surface area contributed by atoms with Crippen molar-refractivity contribution >= 4 is 11.8 Å². The van der Waals surface area contributed by atoms with Crippen LogP contribution in [0.5, 0.6) is 0 Å². The van der Waals surface area contributed by atoms with Crippen molar-refractivity contribution in [3.05, 3.63) is 35.4 Å². The highest BCUT2D eigenvalue weighted by Gasteiger charge is 2.26. The molecule has 0 bridgehead atoms. The van der Waals surface area contributed by atoms with Gasteiger partial charge in [0.25, 0.3) is 12.3 Å². The zero-order valence-electron chi connectivity index (χ0n) is 14.9. The van der Waals surface area contributed by atoms with E-state index in [0.29, 0.717) is 31.7 Å². The number of benzene rings is 1. The van der Waals surface area contributed by atoms with Crippen molar-refractivity contribution in [3.8, 4) is 0 Å². The lowest BCUT2D eigenvalue weighted by Gasteiger charge is -2.35. The monoisotopic (exact) mass is 369 g/mol. The number of aliphatic hydroxyl groups is 1. The number of piperazine rings is 1. The van der Waals surface area contributed by atoms with Crippen LogP contribution in [0, 0.1) is 6.92 Å². The molecule has 1 aliphatic rings. The van der Waals surface area contributed by atoms with Crippen molar-refractivity contribution in [2.24, 2.45) is 0 Å². The molecule has 2 amide bonds. The molecule has 1 N–H and O–H groups in total. The minimum Gasteiger partial charge on any atom is -0.395 e. The SMILES string of the molecule is Cc1ccc(C(=O)N2CCN(C(=O)CN(CCO)CC(F)F)CC2)cc1. The lowest BCUT2D eigenvalue weighted by Crippen LogP contribution is -2.53. The average molecular weight is 369 g/mol. The molecule has 1 aromatic carbocycles. The standard InChI is InChI=1S/C18H25F2N3O3/c1-14-2-4-15(5-3-14)18(26)23-8-6-22(7-9-23)17(25)13-21(10-11-24)12-16(19)20/h2-5,16,24H,6-13H2,1H3. The first-order chi connectivity index (χ1) is 12.4. The number of carbonyl (C=O) groups is 2. The van der Waals surface area contributed by atoms with Crippen LogP contribution in [0.2, 0.25) is 0 Å². The van der Waals surface area contributed by atoms with Gasteiger partial charge in [-0.25, -0.2) is 8.78 Å². The van der Waals surface area contributed by atoms with E-state index in [-0.39, 0.29) is 31.5 Å². The summed E-state index contributed by atoms with van der Waals surface area (Å²) in [4.78, 5) is 29.3. The molecule has 0 aliphatic carbocycles. The second kappa shape index (κ2) is 9.59. The molecule has 0 spiro atoms. The van der Waals surface area contributed by atoms with Gasteiger partial charge in [-0.3, -0.25) is 14.5 Å². The maximum atomic E-state index is 12.5. The van der Waals surface area contributed by atoms with Crippen LogP contribution < -0.4 is 0 Å². The molecular formula is C18H25F2N3O3. The van der Waals surface area contributed by atoms with Crippen LogP contribution in [0.1, 0.15) is 15.9 Å². The first-order valence-electron chi connectivity index (χ1n) is 8.65. The van der Waals surface area contributed by atoms with Crippen LogP contribution in [0.15, 0.2) is 24.3 Å². The first-order valence-corrected chi connectivity index (χ1v) is 8.65. The lowest BCUT2D eigenvalue weighted by atomic mass is 10.1. The van der Waals surface area contributed by atoms with E-state index < -0.39 is 13.0 Å². The van der Waals surface area contributed by atoms with Gasteiger partial charge in [-0.05, 0) is 19.1 Å². The summed E-state index contributed by atoms with van der Waals surface area (Å²) in [6, 6.07) is 7.33. The number of aliphatic hydroxyl groups excluding tert-OH is 1. The molecule has 144 valence electrons. The summed E-state index contributed by atoms with van der Waals surface area (Å²) < 4.78 is 25.1. The number of rotatable bonds is 7. The fraction of sp³-hybridized carbons (Fsp3) is 0.556. The van der Waals surface area contributed by atoms with Crippen molar-refractivity contribution in [1.82, 2.24) is 14.7 Å². The fourth-order valence-electron chi connectivity index (χ4n) is 2.90. The molecule has 0 radical (unpaired) electrons. The van der Waals surface area contributed by atoms with E-state index in [0.717, 1.165) is 5.56 Å². The summed E-state index contributed by atoms with van der Waals surface area (Å²) in [6.45, 7) is 2.57. The summed E-state index contributed by atoms with van der Waals surface area (Å²) in [5, 5.41) is 8.94. The predicted molar refractivity (Wildman–Crippen MR) is 93.2 cm³/mol. The summed E-state index contributed by atoms with van der Waals surface area (Å²) in [7, 11) is 0. The topological polar surface area (TPSA) is 64.1 Å². The number of hydrogen-bond acceptors (Lipinski definition) is 4. The zero-order chi connectivity index (χ0) is 19.1. The smallest absolute Gasteiger partial charge is 0.253 e. The summed E-state index contributed by atoms with van der Waals surface area (Å²) >= 11 is 0. The molecule has 2 rings (SSSR count). The zero-order valence-corrected chi connectivity index (χ0v) is 14.9. The van der Waals surface area contributed by atoms with Gasteiger partial charge < -0.3 is 14.9 Å². The molecule has 0 saturated carbocycles. The van der Waals surface area contributed by atoms with Crippen molar-refractivity contribution in [2.45, 2.75) is 13.3 Å². The Hall–Kier alpha value is -2.06. The Bertz CT molecular complexity index is 602. The van der Waals surface area contributed by atoms with Gasteiger partial charge in [-0.2, -0.15) is 0 Å². The average Bonchev–Trinajstić information content (AvgIpc) is 2.61. The van der Waals surface area contributed by atoms with Crippen LogP contribution in [0.25, 0.3) is 0 Å². The molecule has 0 aromatic heterocycles. The summed E-state index contributed by atoms with van der Waals surface area (Å²) in [5.41, 5.74) is 1.69. The Morgan fingerprint density at radius 2 is 1.69 bits per heavy atom. The van der Waals surface area contributed by atoms with E-state index in [1.807, 2.05) is 19.1 Å². The van der Waals surface area contributed by atoms with Crippen LogP contribution >= 0.6 is 0 Å². The fourth-order valence-corrected chi connectivity index (χ4v) is 2.90. The summed E-state index contributed by atoms with van der Waals surface area (Å²) in [6.07, 6.45) is -2.56. The minimum absolute atomic E-state index is 0.0297. The molecule has 1 aliphatic heterocycles. The second-order valence-corrected chi connectivity index (χ2v) is 6.39. The van der Waals surface area contributed by atoms with Gasteiger partial charge in [0.1, 0.15) is 0 Å². The van der Waals surface area contributed by atoms with E-state index in [4.69, 9.17) is 5.11 Å². The van der Waals surface area contributed by atoms with Gasteiger partial charge in [0.15, 0.2) is 0 Å². The van der Waals surface area contributed by atoms with Gasteiger partial charge in [0.2, 0.25) is 5.91 Å². The van der Waals surface area contributed by atoms with Gasteiger partial charge in [-0.1, -0.05) is 17.7 Å². The number of carbonyl (C=O) groups excluding carboxylic acids is 2. The molecule has 26 heavy (non-hydrogen) atoms. The van der Waals surface area contributed by atoms with Gasteiger partial charge in [0, 0.05) is 38.3 Å². The second-order valence-electron chi connectivity index (χ2n) is 6.39. The number of alkyl halides is 2. The molecule has 0 unspecified atom stereocenters. The normalized spacial score (nSPS) is 15.0. The summed E-state index contributed by atoms with van der Waals surface area (Å²) in [5.74, 6) is -0.335. The number of nitrogens with zero attached hydrogens (tertiary/aromatic N) is 3. The van der Waals surface area contributed by atoms with Gasteiger partial charge in [0.05, 0.1) is 19.7 Å². The van der Waals surface area contributed by atoms with Crippen molar-refractivity contribution in [1.29, 1.82) is 0 Å². The minimum atomic E-state index is -2.56. The quantitative estimate of drug-likeness (QED) is 0.774. The van der Waals surface area contributed by atoms with Crippen molar-refractivity contribution in [3.63, 3.8) is 0 Å². The van der Waals surface area contributed by atoms with Gasteiger partial charge >= 0.3 is 0 Å². The maximum absolute atomic E-state index is 12.5. The number of aryl methyl sites for hydroxylation is 1. The van der Waals surface area contributed by atoms with E-state index in [1.54, 1.807) is 21.9 Å². The Kier molecular flexibility index (Phi) is 7.47. The Morgan fingerprint density at radius 3 is 2.23 bits per heavy atom. The highest BCUT2D eigenvalue weighted by atomic mass is 19.3. The lowest BCUT2D eigenvalue weighted by molar-refractivity contribution is -0.134. The molecular weight excluding hydrogens is 344 g/mol. The number of amides is 2. The third-order valence-electron chi connectivity index (χ3n) is 4.39. The molecule has 8 heteroatoms. The Morgan fingerprint density at radius 1 is 1.12 bits per heavy atom. The van der Waals surface area contributed by atoms with Crippen LogP contribution in [-0.4, -0.2) is 90.5 Å². The predicted octanol–water partition coefficient (Wildman–Crippen LogP) is 0.839. The van der Waals surface area contributed by atoms with E-state index in [1.165, 1.54) is 4.90 Å².